The smallest absolute Gasteiger partial charge is 0.262 e. The van der Waals surface area contributed by atoms with Gasteiger partial charge in [-0.05, 0) is 30.9 Å². The second-order valence-corrected chi connectivity index (χ2v) is 8.56. The summed E-state index contributed by atoms with van der Waals surface area (Å²) in [5.74, 6) is -0.0681. The molecule has 0 saturated heterocycles. The number of nitrogens with zero attached hydrogens (tertiary/aromatic N) is 2. The van der Waals surface area contributed by atoms with Crippen molar-refractivity contribution < 1.29 is 4.79 Å². The quantitative estimate of drug-likeness (QED) is 0.671. The van der Waals surface area contributed by atoms with Crippen LogP contribution in [0.1, 0.15) is 59.3 Å². The topological polar surface area (TPSA) is 64.0 Å². The van der Waals surface area contributed by atoms with Crippen LogP contribution >= 0.6 is 11.3 Å². The maximum atomic E-state index is 13.0. The molecule has 4 rings (SSSR count). The van der Waals surface area contributed by atoms with Crippen LogP contribution in [-0.4, -0.2) is 21.5 Å². The van der Waals surface area contributed by atoms with Crippen LogP contribution < -0.4 is 10.9 Å². The Morgan fingerprint density at radius 1 is 1.18 bits per heavy atom. The number of aromatic nitrogens is 2. The van der Waals surface area contributed by atoms with Crippen LogP contribution in [0.15, 0.2) is 41.5 Å². The first-order chi connectivity index (χ1) is 13.6. The first kappa shape index (κ1) is 18.9. The zero-order chi connectivity index (χ0) is 19.5. The Morgan fingerprint density at radius 3 is 2.61 bits per heavy atom. The molecule has 1 aromatic carbocycles. The highest BCUT2D eigenvalue weighted by atomic mass is 32.1. The van der Waals surface area contributed by atoms with Gasteiger partial charge in [0, 0.05) is 6.04 Å². The molecule has 1 amide bonds. The minimum Gasteiger partial charge on any atom is -0.349 e. The van der Waals surface area contributed by atoms with Gasteiger partial charge in [-0.3, -0.25) is 14.2 Å². The zero-order valence-electron chi connectivity index (χ0n) is 16.1. The number of amides is 1. The normalized spacial score (nSPS) is 15.5. The Hall–Kier alpha value is -2.47. The minimum absolute atomic E-state index is 0.0681. The molecular weight excluding hydrogens is 370 g/mol. The number of benzene rings is 1. The number of hydrogen-bond acceptors (Lipinski definition) is 4. The third-order valence-corrected chi connectivity index (χ3v) is 6.71. The van der Waals surface area contributed by atoms with Gasteiger partial charge in [0.1, 0.15) is 4.83 Å². The van der Waals surface area contributed by atoms with Crippen molar-refractivity contribution in [2.45, 2.75) is 58.0 Å². The van der Waals surface area contributed by atoms with Crippen molar-refractivity contribution >= 4 is 27.5 Å². The van der Waals surface area contributed by atoms with E-state index in [0.29, 0.717) is 21.6 Å². The first-order valence-corrected chi connectivity index (χ1v) is 10.8. The molecule has 2 heterocycles. The average Bonchev–Trinajstić information content (AvgIpc) is 2.86. The number of rotatable bonds is 4. The molecule has 6 heteroatoms. The summed E-state index contributed by atoms with van der Waals surface area (Å²) >= 11 is 1.32. The van der Waals surface area contributed by atoms with E-state index in [9.17, 15) is 9.59 Å². The lowest BCUT2D eigenvalue weighted by atomic mass is 10.1. The van der Waals surface area contributed by atoms with Gasteiger partial charge in [0.2, 0.25) is 0 Å². The van der Waals surface area contributed by atoms with E-state index >= 15 is 0 Å². The van der Waals surface area contributed by atoms with Crippen molar-refractivity contribution in [1.29, 1.82) is 0 Å². The molecule has 0 aliphatic heterocycles. The molecule has 1 fully saturated rings. The molecule has 146 valence electrons. The lowest BCUT2D eigenvalue weighted by Crippen LogP contribution is -2.34. The predicted molar refractivity (Wildman–Crippen MR) is 113 cm³/mol. The number of carbonyl (C=O) groups excluding carboxylic acids is 1. The van der Waals surface area contributed by atoms with Gasteiger partial charge in [-0.1, -0.05) is 56.0 Å². The Kier molecular flexibility index (Phi) is 5.57. The van der Waals surface area contributed by atoms with Gasteiger partial charge < -0.3 is 5.32 Å². The molecular formula is C22H25N3O2S. The summed E-state index contributed by atoms with van der Waals surface area (Å²) in [7, 11) is 0. The summed E-state index contributed by atoms with van der Waals surface area (Å²) in [6.07, 6.45) is 8.50. The molecule has 1 aliphatic carbocycles. The Bertz CT molecular complexity index is 1030. The molecule has 0 atom stereocenters. The van der Waals surface area contributed by atoms with E-state index in [2.05, 4.69) is 10.3 Å². The number of hydrogen-bond donors (Lipinski definition) is 1. The van der Waals surface area contributed by atoms with E-state index in [0.717, 1.165) is 24.0 Å². The summed E-state index contributed by atoms with van der Waals surface area (Å²) in [5, 5.41) is 3.75. The summed E-state index contributed by atoms with van der Waals surface area (Å²) in [5.41, 5.74) is 1.70. The van der Waals surface area contributed by atoms with Crippen molar-refractivity contribution in [3.63, 3.8) is 0 Å². The number of aryl methyl sites for hydroxylation is 1. The minimum atomic E-state index is -0.0869. The van der Waals surface area contributed by atoms with Crippen LogP contribution in [0.3, 0.4) is 0 Å². The average molecular weight is 396 g/mol. The second kappa shape index (κ2) is 8.27. The van der Waals surface area contributed by atoms with E-state index < -0.39 is 0 Å². The van der Waals surface area contributed by atoms with Crippen LogP contribution in [0.5, 0.6) is 0 Å². The van der Waals surface area contributed by atoms with Crippen LogP contribution in [0.4, 0.5) is 0 Å². The van der Waals surface area contributed by atoms with Crippen molar-refractivity contribution in [3.8, 4) is 0 Å². The van der Waals surface area contributed by atoms with Gasteiger partial charge in [0.05, 0.1) is 23.1 Å². The molecule has 1 saturated carbocycles. The third kappa shape index (κ3) is 3.87. The number of fused-ring (bicyclic) bond motifs is 1. The molecule has 0 unspecified atom stereocenters. The fourth-order valence-electron chi connectivity index (χ4n) is 3.94. The summed E-state index contributed by atoms with van der Waals surface area (Å²) in [6, 6.07) is 10.1. The molecule has 3 aromatic rings. The maximum absolute atomic E-state index is 13.0. The molecule has 0 radical (unpaired) electrons. The van der Waals surface area contributed by atoms with Gasteiger partial charge >= 0.3 is 0 Å². The second-order valence-electron chi connectivity index (χ2n) is 7.56. The van der Waals surface area contributed by atoms with Crippen LogP contribution in [0, 0.1) is 6.92 Å². The van der Waals surface area contributed by atoms with E-state index in [1.807, 2.05) is 37.3 Å². The van der Waals surface area contributed by atoms with Crippen LogP contribution in [0.25, 0.3) is 10.2 Å². The van der Waals surface area contributed by atoms with Gasteiger partial charge in [-0.2, -0.15) is 0 Å². The molecule has 1 N–H and O–H groups in total. The molecule has 0 spiro atoms. The Labute approximate surface area is 168 Å². The molecule has 5 nitrogen and oxygen atoms in total. The third-order valence-electron chi connectivity index (χ3n) is 5.51. The highest BCUT2D eigenvalue weighted by Gasteiger charge is 2.22. The van der Waals surface area contributed by atoms with Gasteiger partial charge in [-0.25, -0.2) is 4.98 Å². The van der Waals surface area contributed by atoms with Crippen molar-refractivity contribution in [1.82, 2.24) is 14.9 Å². The van der Waals surface area contributed by atoms with Crippen molar-refractivity contribution in [3.05, 3.63) is 63.0 Å². The largest absolute Gasteiger partial charge is 0.349 e. The lowest BCUT2D eigenvalue weighted by Gasteiger charge is -2.15. The first-order valence-electron chi connectivity index (χ1n) is 9.97. The summed E-state index contributed by atoms with van der Waals surface area (Å²) in [6.45, 7) is 2.33. The van der Waals surface area contributed by atoms with Crippen molar-refractivity contribution in [2.24, 2.45) is 0 Å². The highest BCUT2D eigenvalue weighted by molar-refractivity contribution is 7.20. The van der Waals surface area contributed by atoms with Gasteiger partial charge in [-0.15, -0.1) is 11.3 Å². The van der Waals surface area contributed by atoms with E-state index in [-0.39, 0.29) is 17.5 Å². The predicted octanol–water partition coefficient (Wildman–Crippen LogP) is 4.27. The van der Waals surface area contributed by atoms with Gasteiger partial charge in [0.25, 0.3) is 11.5 Å². The summed E-state index contributed by atoms with van der Waals surface area (Å²) < 4.78 is 1.62. The molecule has 0 bridgehead atoms. The van der Waals surface area contributed by atoms with E-state index in [1.165, 1.54) is 37.0 Å². The fraction of sp³-hybridized carbons (Fsp3) is 0.409. The highest BCUT2D eigenvalue weighted by Crippen LogP contribution is 2.27. The van der Waals surface area contributed by atoms with Crippen LogP contribution in [0.2, 0.25) is 0 Å². The van der Waals surface area contributed by atoms with E-state index in [4.69, 9.17) is 0 Å². The molecule has 28 heavy (non-hydrogen) atoms. The van der Waals surface area contributed by atoms with Gasteiger partial charge in [0.15, 0.2) is 0 Å². The maximum Gasteiger partial charge on any atom is 0.262 e. The lowest BCUT2D eigenvalue weighted by molar-refractivity contribution is 0.0937. The number of thiophene rings is 1. The molecule has 1 aliphatic rings. The molecule has 2 aromatic heterocycles. The Morgan fingerprint density at radius 2 is 1.89 bits per heavy atom. The standard InChI is InChI=1S/C22H25N3O2S/c1-15-18-21(23-14-25(22(18)27)13-16-9-5-4-6-10-16)28-19(15)20(26)24-17-11-7-2-3-8-12-17/h4-6,9-10,14,17H,2-3,7-8,11-13H2,1H3,(H,24,26). The fourth-order valence-corrected chi connectivity index (χ4v) is 4.99. The summed E-state index contributed by atoms with van der Waals surface area (Å²) in [4.78, 5) is 31.6. The van der Waals surface area contributed by atoms with Crippen molar-refractivity contribution in [2.75, 3.05) is 0 Å². The van der Waals surface area contributed by atoms with E-state index in [1.54, 1.807) is 10.9 Å². The Balaban J connectivity index is 1.62. The monoisotopic (exact) mass is 395 g/mol. The SMILES string of the molecule is Cc1c(C(=O)NC2CCCCCC2)sc2ncn(Cc3ccccc3)c(=O)c12. The van der Waals surface area contributed by atoms with Crippen LogP contribution in [-0.2, 0) is 6.54 Å². The zero-order valence-corrected chi connectivity index (χ0v) is 16.9. The number of nitrogens with one attached hydrogen (secondary N) is 1. The number of carbonyl (C=O) groups is 1.